The van der Waals surface area contributed by atoms with Crippen LogP contribution in [0.15, 0.2) is 64.3 Å². The molecule has 0 aliphatic carbocycles. The van der Waals surface area contributed by atoms with Gasteiger partial charge in [-0.3, -0.25) is 0 Å². The molecular formula is C21H22N4O3S2. The zero-order valence-electron chi connectivity index (χ0n) is 16.7. The van der Waals surface area contributed by atoms with Crippen molar-refractivity contribution >= 4 is 35.0 Å². The first-order valence-electron chi connectivity index (χ1n) is 9.48. The number of thiophene rings is 1. The number of fused-ring (bicyclic) bond motifs is 1. The molecule has 3 aromatic rings. The molecule has 1 aromatic carbocycles. The molecule has 0 radical (unpaired) electrons. The molecule has 7 nitrogen and oxygen atoms in total. The van der Waals surface area contributed by atoms with E-state index in [-0.39, 0.29) is 18.6 Å². The first-order chi connectivity index (χ1) is 14.7. The second-order valence-electron chi connectivity index (χ2n) is 6.65. The Bertz CT molecular complexity index is 1030. The van der Waals surface area contributed by atoms with Crippen LogP contribution in [0.2, 0.25) is 0 Å². The fraction of sp³-hybridized carbons (Fsp3) is 0.286. The Hall–Kier alpha value is -2.62. The van der Waals surface area contributed by atoms with E-state index in [2.05, 4.69) is 22.4 Å². The predicted molar refractivity (Wildman–Crippen MR) is 118 cm³/mol. The van der Waals surface area contributed by atoms with E-state index in [1.165, 1.54) is 5.56 Å². The summed E-state index contributed by atoms with van der Waals surface area (Å²) in [6, 6.07) is 13.8. The van der Waals surface area contributed by atoms with Crippen molar-refractivity contribution in [3.8, 4) is 0 Å². The van der Waals surface area contributed by atoms with Gasteiger partial charge in [0, 0.05) is 23.4 Å². The van der Waals surface area contributed by atoms with Crippen molar-refractivity contribution in [2.75, 3.05) is 25.6 Å². The fourth-order valence-corrected chi connectivity index (χ4v) is 4.79. The molecule has 1 aliphatic heterocycles. The second kappa shape index (κ2) is 9.46. The van der Waals surface area contributed by atoms with Crippen LogP contribution in [0.5, 0.6) is 0 Å². The van der Waals surface area contributed by atoms with Crippen molar-refractivity contribution in [1.82, 2.24) is 14.8 Å². The van der Waals surface area contributed by atoms with E-state index in [0.29, 0.717) is 23.3 Å². The third-order valence-corrected chi connectivity index (χ3v) is 6.43. The molecule has 30 heavy (non-hydrogen) atoms. The minimum Gasteiger partial charge on any atom is -0.460 e. The minimum atomic E-state index is -0.380. The molecule has 4 rings (SSSR count). The van der Waals surface area contributed by atoms with Crippen LogP contribution in [0.25, 0.3) is 0 Å². The number of nitrogens with zero attached hydrogens (tertiary/aromatic N) is 3. The van der Waals surface area contributed by atoms with Crippen molar-refractivity contribution in [2.45, 2.75) is 23.9 Å². The van der Waals surface area contributed by atoms with Crippen LogP contribution in [-0.4, -0.2) is 41.1 Å². The number of hydrogen-bond donors (Lipinski definition) is 1. The highest BCUT2D eigenvalue weighted by Crippen LogP contribution is 2.38. The monoisotopic (exact) mass is 442 g/mol. The Balaban J connectivity index is 1.61. The number of anilines is 1. The normalized spacial score (nSPS) is 15.6. The number of carbonyl (C=O) groups excluding carboxylic acids is 1. The molecule has 0 fully saturated rings. The van der Waals surface area contributed by atoms with Gasteiger partial charge in [0.25, 0.3) is 0 Å². The topological polar surface area (TPSA) is 78.3 Å². The van der Waals surface area contributed by atoms with Gasteiger partial charge in [-0.1, -0.05) is 48.2 Å². The van der Waals surface area contributed by atoms with E-state index >= 15 is 0 Å². The van der Waals surface area contributed by atoms with Gasteiger partial charge in [-0.25, -0.2) is 9.48 Å². The van der Waals surface area contributed by atoms with Crippen LogP contribution in [0.1, 0.15) is 23.4 Å². The van der Waals surface area contributed by atoms with Gasteiger partial charge in [0.1, 0.15) is 12.6 Å². The maximum Gasteiger partial charge on any atom is 0.338 e. The van der Waals surface area contributed by atoms with Crippen LogP contribution in [0.4, 0.5) is 5.95 Å². The average Bonchev–Trinajstić information content (AvgIpc) is 3.42. The van der Waals surface area contributed by atoms with Gasteiger partial charge in [0.15, 0.2) is 0 Å². The number of ether oxygens (including phenoxy) is 2. The van der Waals surface area contributed by atoms with Gasteiger partial charge in [-0.2, -0.15) is 4.98 Å². The van der Waals surface area contributed by atoms with Crippen LogP contribution in [0.3, 0.4) is 0 Å². The summed E-state index contributed by atoms with van der Waals surface area (Å²) in [5, 5.41) is 10.6. The summed E-state index contributed by atoms with van der Waals surface area (Å²) in [5.41, 5.74) is 2.45. The first kappa shape index (κ1) is 20.6. The van der Waals surface area contributed by atoms with E-state index in [4.69, 9.17) is 14.6 Å². The summed E-state index contributed by atoms with van der Waals surface area (Å²) in [6.07, 6.45) is 0. The third-order valence-electron chi connectivity index (χ3n) is 4.60. The number of methoxy groups -OCH3 is 1. The average molecular weight is 443 g/mol. The number of carbonyl (C=O) groups is 1. The van der Waals surface area contributed by atoms with E-state index in [1.54, 1.807) is 34.9 Å². The smallest absolute Gasteiger partial charge is 0.338 e. The molecule has 2 aromatic heterocycles. The Morgan fingerprint density at radius 1 is 1.23 bits per heavy atom. The summed E-state index contributed by atoms with van der Waals surface area (Å²) < 4.78 is 12.2. The molecule has 0 bridgehead atoms. The van der Waals surface area contributed by atoms with Gasteiger partial charge < -0.3 is 14.8 Å². The lowest BCUT2D eigenvalue weighted by atomic mass is 10.0. The van der Waals surface area contributed by atoms with Gasteiger partial charge in [0.05, 0.1) is 12.2 Å². The molecule has 0 saturated carbocycles. The lowest BCUT2D eigenvalue weighted by molar-refractivity contribution is -0.140. The zero-order valence-corrected chi connectivity index (χ0v) is 18.3. The van der Waals surface area contributed by atoms with Crippen molar-refractivity contribution in [3.63, 3.8) is 0 Å². The largest absolute Gasteiger partial charge is 0.460 e. The Morgan fingerprint density at radius 3 is 2.80 bits per heavy atom. The second-order valence-corrected chi connectivity index (χ2v) is 8.57. The number of aromatic nitrogens is 3. The van der Waals surface area contributed by atoms with Gasteiger partial charge in [-0.05, 0) is 23.9 Å². The van der Waals surface area contributed by atoms with Gasteiger partial charge in [0.2, 0.25) is 11.1 Å². The van der Waals surface area contributed by atoms with Gasteiger partial charge >= 0.3 is 5.97 Å². The molecular weight excluding hydrogens is 420 g/mol. The maximum atomic E-state index is 12.9. The highest BCUT2D eigenvalue weighted by molar-refractivity contribution is 7.98. The molecule has 3 heterocycles. The fourth-order valence-electron chi connectivity index (χ4n) is 3.18. The number of hydrogen-bond acceptors (Lipinski definition) is 8. The SMILES string of the molecule is COCCOC(=O)C1=C(C)Nc2nc(SCc3ccccc3)nn2C1c1cccs1. The molecule has 1 aliphatic rings. The maximum absolute atomic E-state index is 12.9. The molecule has 1 N–H and O–H groups in total. The number of nitrogens with one attached hydrogen (secondary N) is 1. The highest BCUT2D eigenvalue weighted by Gasteiger charge is 2.35. The van der Waals surface area contributed by atoms with Crippen LogP contribution in [-0.2, 0) is 20.0 Å². The number of allylic oxidation sites excluding steroid dienone is 1. The van der Waals surface area contributed by atoms with Crippen molar-refractivity contribution in [2.24, 2.45) is 0 Å². The summed E-state index contributed by atoms with van der Waals surface area (Å²) in [5.74, 6) is 1.01. The number of esters is 1. The summed E-state index contributed by atoms with van der Waals surface area (Å²) in [6.45, 7) is 2.41. The molecule has 1 unspecified atom stereocenters. The third kappa shape index (κ3) is 4.43. The Morgan fingerprint density at radius 2 is 2.07 bits per heavy atom. The predicted octanol–water partition coefficient (Wildman–Crippen LogP) is 4.11. The number of thioether (sulfide) groups is 1. The summed E-state index contributed by atoms with van der Waals surface area (Å²) in [4.78, 5) is 18.5. The lowest BCUT2D eigenvalue weighted by Crippen LogP contribution is -2.29. The quantitative estimate of drug-likeness (QED) is 0.319. The van der Waals surface area contributed by atoms with Crippen LogP contribution >= 0.6 is 23.1 Å². The highest BCUT2D eigenvalue weighted by atomic mass is 32.2. The van der Waals surface area contributed by atoms with Crippen LogP contribution in [0, 0.1) is 0 Å². The number of rotatable bonds is 8. The zero-order chi connectivity index (χ0) is 20.9. The van der Waals surface area contributed by atoms with Crippen molar-refractivity contribution in [3.05, 3.63) is 69.6 Å². The number of benzene rings is 1. The summed E-state index contributed by atoms with van der Waals surface area (Å²) >= 11 is 3.14. The van der Waals surface area contributed by atoms with Crippen LogP contribution < -0.4 is 5.32 Å². The van der Waals surface area contributed by atoms with Crippen molar-refractivity contribution < 1.29 is 14.3 Å². The van der Waals surface area contributed by atoms with Gasteiger partial charge in [-0.15, -0.1) is 16.4 Å². The van der Waals surface area contributed by atoms with E-state index in [9.17, 15) is 4.79 Å². The van der Waals surface area contributed by atoms with E-state index in [0.717, 1.165) is 16.3 Å². The molecule has 1 atom stereocenters. The van der Waals surface area contributed by atoms with E-state index in [1.807, 2.05) is 42.6 Å². The molecule has 0 amide bonds. The molecule has 156 valence electrons. The van der Waals surface area contributed by atoms with Crippen molar-refractivity contribution in [1.29, 1.82) is 0 Å². The van der Waals surface area contributed by atoms with E-state index < -0.39 is 0 Å². The molecule has 0 spiro atoms. The molecule has 9 heteroatoms. The minimum absolute atomic E-state index is 0.200. The Kier molecular flexibility index (Phi) is 6.51. The Labute approximate surface area is 183 Å². The molecule has 0 saturated heterocycles. The summed E-state index contributed by atoms with van der Waals surface area (Å²) in [7, 11) is 1.57. The first-order valence-corrected chi connectivity index (χ1v) is 11.3. The standard InChI is InChI=1S/C21H22N4O3S2/c1-14-17(19(26)28-11-10-27-2)18(16-9-6-12-29-16)25-20(22-14)23-21(24-25)30-13-15-7-4-3-5-8-15/h3-9,12,18H,10-11,13H2,1-2H3,(H,22,23,24). The lowest BCUT2D eigenvalue weighted by Gasteiger charge is -2.27.